The first-order valence-electron chi connectivity index (χ1n) is 27.7. The minimum atomic E-state index is -5.89. The van der Waals surface area contributed by atoms with E-state index in [0.29, 0.717) is 33.5 Å². The van der Waals surface area contributed by atoms with E-state index in [1.165, 1.54) is 127 Å². The van der Waals surface area contributed by atoms with Gasteiger partial charge in [-0.25, -0.2) is 31.3 Å². The van der Waals surface area contributed by atoms with Crippen LogP contribution in [0.5, 0.6) is 5.88 Å². The zero-order valence-corrected chi connectivity index (χ0v) is 56.6. The molecule has 0 bridgehead atoms. The molecule has 508 valence electrons. The average Bonchev–Trinajstić information content (AvgIpc) is 0.816. The lowest BCUT2D eigenvalue weighted by molar-refractivity contribution is -0.156. The zero-order valence-electron chi connectivity index (χ0n) is 52.0. The summed E-state index contributed by atoms with van der Waals surface area (Å²) >= 11 is 9.71. The molecule has 0 atom stereocenters. The van der Waals surface area contributed by atoms with Crippen LogP contribution in [0.4, 0.5) is 45.2 Å². The van der Waals surface area contributed by atoms with E-state index in [2.05, 4.69) is 66.7 Å². The second-order valence-electron chi connectivity index (χ2n) is 19.2. The predicted molar refractivity (Wildman–Crippen MR) is 347 cm³/mol. The molecule has 10 rings (SSSR count). The Balaban J connectivity index is 0.000000247. The number of aromatic nitrogens is 2. The number of methoxy groups -OCH3 is 5. The number of Topliss-reactive ketones (excluding diaryl/α,β-unsaturated/α-hetero) is 1. The smallest absolute Gasteiger partial charge is 0.469 e. The molecule has 0 spiro atoms. The van der Waals surface area contributed by atoms with Gasteiger partial charge in [-0.05, 0) is 160 Å². The van der Waals surface area contributed by atoms with Crippen LogP contribution in [0.3, 0.4) is 0 Å². The SMILES string of the molecule is COC(=O)CC(OC)OC.COC(CC(=O)Cc1cc(F)ccc1Br)OC.N#Cc1ccc(F)c2c1CC(=O)C=C2.N#Cc1ccc(F)c2ccc(OS(=O)(=O)C(F)(F)F)nc12.Nc1cc(F)ccc1Br.O=C1C=Cc2c(F)ccc(Br)c2C1.[2H]c1ccc2c(F)ccc(C#N)c2n1. The number of benzene rings is 6. The van der Waals surface area contributed by atoms with Gasteiger partial charge in [-0.15, -0.1) is 0 Å². The highest BCUT2D eigenvalue weighted by Crippen LogP contribution is 2.31. The van der Waals surface area contributed by atoms with E-state index in [1.54, 1.807) is 24.3 Å². The molecule has 31 heteroatoms. The van der Waals surface area contributed by atoms with Crippen LogP contribution in [-0.2, 0) is 72.2 Å². The molecule has 0 unspecified atom stereocenters. The molecule has 2 heterocycles. The summed E-state index contributed by atoms with van der Waals surface area (Å²) in [5, 5.41) is 26.5. The summed E-state index contributed by atoms with van der Waals surface area (Å²) in [6, 6.07) is 28.9. The van der Waals surface area contributed by atoms with Crippen LogP contribution in [0.25, 0.3) is 34.0 Å². The van der Waals surface area contributed by atoms with Crippen molar-refractivity contribution in [3.63, 3.8) is 0 Å². The highest BCUT2D eigenvalue weighted by Gasteiger charge is 2.49. The van der Waals surface area contributed by atoms with Gasteiger partial charge in [0.05, 0.1) is 55.1 Å². The van der Waals surface area contributed by atoms with Crippen molar-refractivity contribution < 1.29 is 96.3 Å². The molecular formula is C66H52Br3F9N6O12S. The number of fused-ring (bicyclic) bond motifs is 4. The molecule has 0 fully saturated rings. The van der Waals surface area contributed by atoms with Gasteiger partial charge in [0.1, 0.15) is 52.8 Å². The Bertz CT molecular complexity index is 4550. The largest absolute Gasteiger partial charge is 0.534 e. The van der Waals surface area contributed by atoms with Gasteiger partial charge in [-0.3, -0.25) is 24.2 Å². The lowest BCUT2D eigenvalue weighted by Crippen LogP contribution is -2.28. The Morgan fingerprint density at radius 3 is 1.61 bits per heavy atom. The number of anilines is 1. The van der Waals surface area contributed by atoms with Gasteiger partial charge in [-0.1, -0.05) is 31.9 Å². The molecule has 2 aromatic heterocycles. The van der Waals surface area contributed by atoms with E-state index >= 15 is 0 Å². The number of pyridine rings is 2. The van der Waals surface area contributed by atoms with Gasteiger partial charge in [0.2, 0.25) is 5.88 Å². The Hall–Kier alpha value is -9.23. The van der Waals surface area contributed by atoms with Crippen molar-refractivity contribution in [1.29, 1.82) is 15.8 Å². The summed E-state index contributed by atoms with van der Waals surface area (Å²) in [5.74, 6) is -3.92. The topological polar surface area (TPSA) is 281 Å². The summed E-state index contributed by atoms with van der Waals surface area (Å²) in [4.78, 5) is 51.7. The molecule has 0 amide bonds. The number of nitriles is 3. The van der Waals surface area contributed by atoms with Crippen LogP contribution in [-0.4, -0.2) is 95.3 Å². The number of allylic oxidation sites excluding steroid dienone is 2. The zero-order chi connectivity index (χ0) is 73.2. The molecule has 0 saturated heterocycles. The first-order chi connectivity index (χ1) is 46.3. The average molecular weight is 1560 g/mol. The van der Waals surface area contributed by atoms with E-state index in [0.717, 1.165) is 43.2 Å². The highest BCUT2D eigenvalue weighted by molar-refractivity contribution is 9.11. The van der Waals surface area contributed by atoms with Crippen LogP contribution in [0, 0.1) is 68.9 Å². The standard InChI is InChI=1S/C12H14BrFO3.C11H4F4N2O3S.C11H6FNO.C10H6BrFO.C10H5FN2.C6H5BrFN.C6H12O4/c1-16-12(17-2)7-10(15)6-8-5-9(14)3-4-11(8)13;12-8-3-1-6(5-16)10-7(8)2-4-9(17-10)20-21(18,19)11(13,14)15;12-11-4-1-7(6-13)10-5-8(14)2-3-9(10)11;11-9-3-4-10(12)7-2-1-6(13)5-8(7)9;11-9-4-3-7(6-12)10-8(9)2-1-5-13-10;7-5-2-1-4(8)3-6(5)9;1-8-5(7)4-6(9-2)10-3/h3-5,12H,6-7H2,1-2H3;1-4H;1-4H,5H2;1-4H,5H2;1-5H;1-3H,9H2;6H,4H2,1-3H3/i;;;;5D;;. The number of nitrogen functional groups attached to an aromatic ring is 1. The lowest BCUT2D eigenvalue weighted by Gasteiger charge is -2.12. The third kappa shape index (κ3) is 24.1. The molecule has 2 aliphatic rings. The van der Waals surface area contributed by atoms with Gasteiger partial charge in [0.25, 0.3) is 0 Å². The molecule has 0 aliphatic heterocycles. The Morgan fingerprint density at radius 2 is 1.08 bits per heavy atom. The van der Waals surface area contributed by atoms with Crippen LogP contribution in [0.2, 0.25) is 0 Å². The monoisotopic (exact) mass is 1560 g/mol. The quantitative estimate of drug-likeness (QED) is 0.0297. The van der Waals surface area contributed by atoms with Gasteiger partial charge in [0.15, 0.2) is 24.1 Å². The summed E-state index contributed by atoms with van der Waals surface area (Å²) in [6.07, 6.45) is 5.53. The maximum Gasteiger partial charge on any atom is 0.534 e. The fourth-order valence-corrected chi connectivity index (χ4v) is 9.48. The minimum Gasteiger partial charge on any atom is -0.469 e. The van der Waals surface area contributed by atoms with Gasteiger partial charge in [0, 0.05) is 101 Å². The summed E-state index contributed by atoms with van der Waals surface area (Å²) in [7, 11) is 1.32. The molecule has 97 heavy (non-hydrogen) atoms. The van der Waals surface area contributed by atoms with E-state index in [4.69, 9.17) is 41.8 Å². The minimum absolute atomic E-state index is 0.0128. The molecule has 6 aromatic carbocycles. The Kier molecular flexibility index (Phi) is 31.1. The van der Waals surface area contributed by atoms with Crippen molar-refractivity contribution in [2.24, 2.45) is 0 Å². The fraction of sp³-hybridized carbons (Fsp3) is 0.197. The number of ether oxygens (including phenoxy) is 5. The second kappa shape index (κ2) is 38.5. The molecule has 2 N–H and O–H groups in total. The van der Waals surface area contributed by atoms with Crippen LogP contribution in [0.15, 0.2) is 141 Å². The normalized spacial score (nSPS) is 11.8. The maximum atomic E-state index is 13.5. The number of carbonyl (C=O) groups is 4. The van der Waals surface area contributed by atoms with Crippen molar-refractivity contribution in [3.8, 4) is 24.1 Å². The highest BCUT2D eigenvalue weighted by atomic mass is 79.9. The predicted octanol–water partition coefficient (Wildman–Crippen LogP) is 14.3. The number of nitrogens with zero attached hydrogens (tertiary/aromatic N) is 5. The number of nitrogens with two attached hydrogens (primary N) is 1. The van der Waals surface area contributed by atoms with Gasteiger partial charge >= 0.3 is 21.6 Å². The molecule has 18 nitrogen and oxygen atoms in total. The van der Waals surface area contributed by atoms with Crippen molar-refractivity contribution in [2.45, 2.75) is 50.2 Å². The molecule has 2 aliphatic carbocycles. The van der Waals surface area contributed by atoms with Crippen molar-refractivity contribution in [2.75, 3.05) is 41.3 Å². The number of hydrogen-bond donors (Lipinski definition) is 1. The summed E-state index contributed by atoms with van der Waals surface area (Å²) < 4.78 is 174. The first kappa shape index (κ1) is 78.5. The Labute approximate surface area is 575 Å². The molecule has 0 saturated carbocycles. The lowest BCUT2D eigenvalue weighted by atomic mass is 9.92. The summed E-state index contributed by atoms with van der Waals surface area (Å²) in [5.41, 5.74) is 3.37. The van der Waals surface area contributed by atoms with Crippen molar-refractivity contribution >= 4 is 121 Å². The number of hydrogen-bond acceptors (Lipinski definition) is 18. The first-order valence-corrected chi connectivity index (χ1v) is 31.0. The third-order valence-corrected chi connectivity index (χ3v) is 16.0. The van der Waals surface area contributed by atoms with Crippen molar-refractivity contribution in [1.82, 2.24) is 9.97 Å². The number of halogens is 12. The Morgan fingerprint density at radius 1 is 0.608 bits per heavy atom. The molecular weight excluding hydrogens is 1510 g/mol. The van der Waals surface area contributed by atoms with E-state index in [-0.39, 0.29) is 118 Å². The van der Waals surface area contributed by atoms with Crippen LogP contribution in [0.1, 0.15) is 58.7 Å². The van der Waals surface area contributed by atoms with E-state index in [1.807, 2.05) is 12.1 Å². The van der Waals surface area contributed by atoms with Crippen LogP contribution < -0.4 is 9.92 Å². The van der Waals surface area contributed by atoms with Gasteiger partial charge in [-0.2, -0.15) is 37.4 Å². The molecule has 8 aromatic rings. The van der Waals surface area contributed by atoms with Crippen molar-refractivity contribution in [3.05, 3.63) is 220 Å². The van der Waals surface area contributed by atoms with E-state index < -0.39 is 45.7 Å². The number of rotatable bonds is 12. The second-order valence-corrected chi connectivity index (χ2v) is 23.3. The number of esters is 1. The fourth-order valence-electron chi connectivity index (χ4n) is 7.94. The van der Waals surface area contributed by atoms with Gasteiger partial charge < -0.3 is 33.6 Å². The molecule has 0 radical (unpaired) electrons. The van der Waals surface area contributed by atoms with E-state index in [9.17, 15) is 67.1 Å². The number of carbonyl (C=O) groups excluding carboxylic acids is 4. The maximum absolute atomic E-state index is 13.5. The van der Waals surface area contributed by atoms with Crippen LogP contribution >= 0.6 is 47.8 Å². The number of alkyl halides is 3. The third-order valence-electron chi connectivity index (χ3n) is 12.8. The summed E-state index contributed by atoms with van der Waals surface area (Å²) in [6.45, 7) is 0. The number of ketones is 3.